The first-order valence-electron chi connectivity index (χ1n) is 4.76. The summed E-state index contributed by atoms with van der Waals surface area (Å²) in [5, 5.41) is 0. The summed E-state index contributed by atoms with van der Waals surface area (Å²) in [5.41, 5.74) is 5.76. The van der Waals surface area contributed by atoms with E-state index >= 15 is 0 Å². The van der Waals surface area contributed by atoms with Gasteiger partial charge in [-0.1, -0.05) is 11.8 Å². The normalized spacial score (nSPS) is 10.8. The molecule has 0 aliphatic carbocycles. The van der Waals surface area contributed by atoms with Gasteiger partial charge in [0.05, 0.1) is 4.90 Å². The second-order valence-corrected chi connectivity index (χ2v) is 5.31. The lowest BCUT2D eigenvalue weighted by Crippen LogP contribution is -1.99. The molecule has 17 heavy (non-hydrogen) atoms. The van der Waals surface area contributed by atoms with Crippen LogP contribution in [-0.4, -0.2) is 9.36 Å². The minimum absolute atomic E-state index is 0.0710. The van der Waals surface area contributed by atoms with Crippen LogP contribution in [0.4, 0.5) is 8.78 Å². The molecule has 2 aromatic rings. The van der Waals surface area contributed by atoms with Crippen LogP contribution < -0.4 is 5.73 Å². The van der Waals surface area contributed by atoms with Gasteiger partial charge in [-0.3, -0.25) is 0 Å². The van der Waals surface area contributed by atoms with Crippen LogP contribution in [0.15, 0.2) is 21.4 Å². The van der Waals surface area contributed by atoms with Crippen molar-refractivity contribution >= 4 is 23.3 Å². The van der Waals surface area contributed by atoms with Crippen LogP contribution in [0.2, 0.25) is 0 Å². The Hall–Kier alpha value is -1.05. The van der Waals surface area contributed by atoms with E-state index in [0.717, 1.165) is 23.3 Å². The maximum Gasteiger partial charge on any atom is 0.175 e. The molecule has 7 heteroatoms. The largest absolute Gasteiger partial charge is 0.326 e. The molecule has 0 atom stereocenters. The molecule has 0 spiro atoms. The van der Waals surface area contributed by atoms with E-state index in [4.69, 9.17) is 5.73 Å². The summed E-state index contributed by atoms with van der Waals surface area (Å²) in [4.78, 5) is 3.97. The van der Waals surface area contributed by atoms with E-state index in [0.29, 0.717) is 15.7 Å². The molecule has 0 bridgehead atoms. The molecule has 90 valence electrons. The highest BCUT2D eigenvalue weighted by molar-refractivity contribution is 8.01. The Morgan fingerprint density at radius 2 is 2.00 bits per heavy atom. The Bertz CT molecular complexity index is 519. The van der Waals surface area contributed by atoms with Gasteiger partial charge >= 0.3 is 0 Å². The SMILES string of the molecule is Cc1nsc(Sc2c(F)cc(CN)cc2F)n1. The summed E-state index contributed by atoms with van der Waals surface area (Å²) in [7, 11) is 0. The van der Waals surface area contributed by atoms with Crippen LogP contribution in [0.1, 0.15) is 11.4 Å². The highest BCUT2D eigenvalue weighted by Gasteiger charge is 2.14. The quantitative estimate of drug-likeness (QED) is 0.934. The summed E-state index contributed by atoms with van der Waals surface area (Å²) in [5.74, 6) is -0.650. The van der Waals surface area contributed by atoms with E-state index in [2.05, 4.69) is 9.36 Å². The van der Waals surface area contributed by atoms with Gasteiger partial charge in [0.25, 0.3) is 0 Å². The van der Waals surface area contributed by atoms with Crippen LogP contribution in [0.5, 0.6) is 0 Å². The lowest BCUT2D eigenvalue weighted by atomic mass is 10.2. The van der Waals surface area contributed by atoms with E-state index in [9.17, 15) is 8.78 Å². The van der Waals surface area contributed by atoms with Gasteiger partial charge < -0.3 is 5.73 Å². The fraction of sp³-hybridized carbons (Fsp3) is 0.200. The molecule has 1 aromatic carbocycles. The molecule has 3 nitrogen and oxygen atoms in total. The van der Waals surface area contributed by atoms with Crippen molar-refractivity contribution in [2.24, 2.45) is 5.73 Å². The van der Waals surface area contributed by atoms with Crippen LogP contribution in [0, 0.1) is 18.6 Å². The fourth-order valence-electron chi connectivity index (χ4n) is 1.23. The Kier molecular flexibility index (Phi) is 3.70. The average molecular weight is 273 g/mol. The standard InChI is InChI=1S/C10H9F2N3S2/c1-5-14-10(17-15-5)16-9-7(11)2-6(4-13)3-8(9)12/h2-3H,4,13H2,1H3. The lowest BCUT2D eigenvalue weighted by molar-refractivity contribution is 0.537. The first kappa shape index (κ1) is 12.4. The molecule has 0 aliphatic heterocycles. The number of nitrogens with zero attached hydrogens (tertiary/aromatic N) is 2. The van der Waals surface area contributed by atoms with Crippen molar-refractivity contribution in [3.8, 4) is 0 Å². The molecule has 0 radical (unpaired) electrons. The summed E-state index contributed by atoms with van der Waals surface area (Å²) >= 11 is 2.05. The number of halogens is 2. The molecule has 0 fully saturated rings. The molecule has 0 saturated heterocycles. The molecule has 1 aromatic heterocycles. The molecule has 0 amide bonds. The number of rotatable bonds is 3. The van der Waals surface area contributed by atoms with Crippen molar-refractivity contribution in [2.45, 2.75) is 22.7 Å². The van der Waals surface area contributed by atoms with Gasteiger partial charge in [-0.2, -0.15) is 4.37 Å². The zero-order valence-electron chi connectivity index (χ0n) is 8.91. The highest BCUT2D eigenvalue weighted by Crippen LogP contribution is 2.33. The molecule has 0 aliphatic rings. The number of benzene rings is 1. The first-order valence-corrected chi connectivity index (χ1v) is 6.35. The van der Waals surface area contributed by atoms with Crippen molar-refractivity contribution in [3.05, 3.63) is 35.2 Å². The molecular weight excluding hydrogens is 264 g/mol. The summed E-state index contributed by atoms with van der Waals surface area (Å²) < 4.78 is 31.7. The van der Waals surface area contributed by atoms with E-state index in [-0.39, 0.29) is 11.4 Å². The minimum Gasteiger partial charge on any atom is -0.326 e. The van der Waals surface area contributed by atoms with Crippen molar-refractivity contribution in [3.63, 3.8) is 0 Å². The van der Waals surface area contributed by atoms with E-state index in [1.807, 2.05) is 0 Å². The topological polar surface area (TPSA) is 51.8 Å². The minimum atomic E-state index is -0.622. The van der Waals surface area contributed by atoms with Crippen molar-refractivity contribution in [1.82, 2.24) is 9.36 Å². The van der Waals surface area contributed by atoms with Gasteiger partial charge in [-0.25, -0.2) is 13.8 Å². The summed E-state index contributed by atoms with van der Waals surface area (Å²) in [6.07, 6.45) is 0. The van der Waals surface area contributed by atoms with Crippen molar-refractivity contribution in [1.29, 1.82) is 0 Å². The van der Waals surface area contributed by atoms with Crippen LogP contribution in [0.25, 0.3) is 0 Å². The molecular formula is C10H9F2N3S2. The molecule has 0 unspecified atom stereocenters. The first-order chi connectivity index (χ1) is 8.10. The van der Waals surface area contributed by atoms with Crippen LogP contribution >= 0.6 is 23.3 Å². The Morgan fingerprint density at radius 3 is 2.47 bits per heavy atom. The zero-order valence-corrected chi connectivity index (χ0v) is 10.5. The number of nitrogens with two attached hydrogens (primary N) is 1. The predicted octanol–water partition coefficient (Wildman–Crippen LogP) is 2.73. The summed E-state index contributed by atoms with van der Waals surface area (Å²) in [6, 6.07) is 2.47. The molecule has 0 saturated carbocycles. The monoisotopic (exact) mass is 273 g/mol. The van der Waals surface area contributed by atoms with Crippen LogP contribution in [-0.2, 0) is 6.54 Å². The van der Waals surface area contributed by atoms with Crippen molar-refractivity contribution < 1.29 is 8.78 Å². The molecule has 1 heterocycles. The lowest BCUT2D eigenvalue weighted by Gasteiger charge is -2.04. The van der Waals surface area contributed by atoms with Gasteiger partial charge in [0.1, 0.15) is 17.5 Å². The third-order valence-corrected chi connectivity index (χ3v) is 3.93. The van der Waals surface area contributed by atoms with E-state index in [1.165, 1.54) is 12.1 Å². The molecule has 2 N–H and O–H groups in total. The number of hydrogen-bond acceptors (Lipinski definition) is 5. The number of aromatic nitrogens is 2. The Morgan fingerprint density at radius 1 is 1.35 bits per heavy atom. The smallest absolute Gasteiger partial charge is 0.175 e. The fourth-order valence-corrected chi connectivity index (χ4v) is 2.83. The molecule has 2 rings (SSSR count). The maximum atomic E-state index is 13.6. The van der Waals surface area contributed by atoms with Crippen molar-refractivity contribution in [2.75, 3.05) is 0 Å². The van der Waals surface area contributed by atoms with Gasteiger partial charge in [0, 0.05) is 6.54 Å². The average Bonchev–Trinajstić information content (AvgIpc) is 2.69. The second kappa shape index (κ2) is 5.07. The van der Waals surface area contributed by atoms with E-state index < -0.39 is 11.6 Å². The summed E-state index contributed by atoms with van der Waals surface area (Å²) in [6.45, 7) is 1.83. The van der Waals surface area contributed by atoms with E-state index in [1.54, 1.807) is 6.92 Å². The van der Waals surface area contributed by atoms with Gasteiger partial charge in [0.15, 0.2) is 4.34 Å². The maximum absolute atomic E-state index is 13.6. The van der Waals surface area contributed by atoms with Gasteiger partial charge in [0.2, 0.25) is 0 Å². The number of aryl methyl sites for hydroxylation is 1. The Balaban J connectivity index is 2.33. The highest BCUT2D eigenvalue weighted by atomic mass is 32.2. The third-order valence-electron chi connectivity index (χ3n) is 1.99. The van der Waals surface area contributed by atoms with Crippen LogP contribution in [0.3, 0.4) is 0 Å². The second-order valence-electron chi connectivity index (χ2n) is 3.30. The van der Waals surface area contributed by atoms with Gasteiger partial charge in [-0.15, -0.1) is 0 Å². The number of hydrogen-bond donors (Lipinski definition) is 1. The Labute approximate surface area is 105 Å². The zero-order chi connectivity index (χ0) is 12.4. The third kappa shape index (κ3) is 2.80. The van der Waals surface area contributed by atoms with Gasteiger partial charge in [-0.05, 0) is 36.2 Å². The predicted molar refractivity (Wildman–Crippen MR) is 63.0 cm³/mol.